The minimum atomic E-state index is -1.02. The highest BCUT2D eigenvalue weighted by atomic mass is 16.7. The maximum atomic E-state index is 10.9. The normalized spacial score (nSPS) is 18.0. The van der Waals surface area contributed by atoms with E-state index >= 15 is 0 Å². The molecule has 1 fully saturated rings. The molecule has 0 aliphatic carbocycles. The fourth-order valence-corrected chi connectivity index (χ4v) is 4.24. The van der Waals surface area contributed by atoms with Gasteiger partial charge in [0.25, 0.3) is 0 Å². The molecule has 5 rings (SSSR count). The largest absolute Gasteiger partial charge is 0.482 e. The smallest absolute Gasteiger partial charge is 0.341 e. The van der Waals surface area contributed by atoms with E-state index in [2.05, 4.69) is 24.3 Å². The quantitative estimate of drug-likeness (QED) is 0.354. The van der Waals surface area contributed by atoms with Gasteiger partial charge in [0.05, 0.1) is 0 Å². The van der Waals surface area contributed by atoms with Crippen molar-refractivity contribution in [1.82, 2.24) is 0 Å². The molecular formula is C29H24O5. The molecule has 1 aliphatic rings. The molecule has 1 saturated heterocycles. The summed E-state index contributed by atoms with van der Waals surface area (Å²) in [4.78, 5) is 10.9. The summed E-state index contributed by atoms with van der Waals surface area (Å²) in [6, 6.07) is 35.5. The molecule has 0 amide bonds. The van der Waals surface area contributed by atoms with Crippen LogP contribution in [0.25, 0.3) is 11.1 Å². The summed E-state index contributed by atoms with van der Waals surface area (Å²) in [5.74, 6) is -0.523. The van der Waals surface area contributed by atoms with Crippen molar-refractivity contribution in [3.05, 3.63) is 126 Å². The van der Waals surface area contributed by atoms with Gasteiger partial charge in [0.2, 0.25) is 0 Å². The third-order valence-electron chi connectivity index (χ3n) is 5.79. The number of aliphatic carboxylic acids is 1. The summed E-state index contributed by atoms with van der Waals surface area (Å²) in [6.45, 7) is -0.391. The van der Waals surface area contributed by atoms with Gasteiger partial charge in [0.1, 0.15) is 18.0 Å². The number of benzene rings is 4. The zero-order chi connectivity index (χ0) is 23.3. The molecule has 34 heavy (non-hydrogen) atoms. The number of carbonyl (C=O) groups is 1. The van der Waals surface area contributed by atoms with Crippen LogP contribution < -0.4 is 4.74 Å². The number of ether oxygens (including phenoxy) is 3. The molecule has 0 bridgehead atoms. The third-order valence-corrected chi connectivity index (χ3v) is 5.79. The maximum absolute atomic E-state index is 10.9. The van der Waals surface area contributed by atoms with E-state index in [1.54, 1.807) is 6.07 Å². The molecule has 1 aliphatic heterocycles. The number of carboxylic acid groups (broad SMARTS) is 1. The summed E-state index contributed by atoms with van der Waals surface area (Å²) in [6.07, 6.45) is -1.09. The second-order valence-electron chi connectivity index (χ2n) is 8.06. The van der Waals surface area contributed by atoms with Crippen LogP contribution in [0.4, 0.5) is 0 Å². The molecule has 0 radical (unpaired) electrons. The molecule has 4 aromatic carbocycles. The molecule has 4 aromatic rings. The minimum absolute atomic E-state index is 0.258. The Morgan fingerprint density at radius 1 is 0.735 bits per heavy atom. The zero-order valence-corrected chi connectivity index (χ0v) is 18.4. The standard InChI is InChI=1S/C29H24O5/c30-26(31)19-32-23-15-9-14-22(18-23)24-16-7-8-17-25(24)29-33-27(20-10-3-1-4-11-20)28(34-29)21-12-5-2-6-13-21/h1-18,27-29H,19H2,(H,30,31)/t27-,28-/m0/s1. The van der Waals surface area contributed by atoms with Crippen molar-refractivity contribution in [3.63, 3.8) is 0 Å². The Balaban J connectivity index is 1.49. The minimum Gasteiger partial charge on any atom is -0.482 e. The van der Waals surface area contributed by atoms with Gasteiger partial charge in [0, 0.05) is 5.56 Å². The zero-order valence-electron chi connectivity index (χ0n) is 18.4. The lowest BCUT2D eigenvalue weighted by atomic mass is 9.99. The highest BCUT2D eigenvalue weighted by Gasteiger charge is 2.39. The lowest BCUT2D eigenvalue weighted by molar-refractivity contribution is -0.139. The number of hydrogen-bond acceptors (Lipinski definition) is 4. The number of rotatable bonds is 7. The Bertz CT molecular complexity index is 1210. The molecule has 0 unspecified atom stereocenters. The highest BCUT2D eigenvalue weighted by molar-refractivity contribution is 5.70. The summed E-state index contributed by atoms with van der Waals surface area (Å²) in [7, 11) is 0. The second-order valence-corrected chi connectivity index (χ2v) is 8.06. The molecule has 1 N–H and O–H groups in total. The van der Waals surface area contributed by atoms with Crippen molar-refractivity contribution in [2.24, 2.45) is 0 Å². The first-order valence-electron chi connectivity index (χ1n) is 11.1. The Morgan fingerprint density at radius 2 is 1.32 bits per heavy atom. The van der Waals surface area contributed by atoms with Crippen LogP contribution in [0.15, 0.2) is 109 Å². The number of hydrogen-bond donors (Lipinski definition) is 1. The van der Waals surface area contributed by atoms with Crippen LogP contribution in [-0.4, -0.2) is 17.7 Å². The van der Waals surface area contributed by atoms with Gasteiger partial charge in [0.15, 0.2) is 12.9 Å². The predicted octanol–water partition coefficient (Wildman–Crippen LogP) is 6.35. The van der Waals surface area contributed by atoms with Crippen molar-refractivity contribution < 1.29 is 24.1 Å². The topological polar surface area (TPSA) is 65.0 Å². The fourth-order valence-electron chi connectivity index (χ4n) is 4.24. The SMILES string of the molecule is O=C(O)COc1cccc(-c2ccccc2C2O[C@@H](c3ccccc3)[C@H](c3ccccc3)O2)c1. The third kappa shape index (κ3) is 4.71. The molecule has 0 aromatic heterocycles. The van der Waals surface area contributed by atoms with Crippen LogP contribution in [0.5, 0.6) is 5.75 Å². The van der Waals surface area contributed by atoms with E-state index in [1.165, 1.54) is 0 Å². The molecule has 5 nitrogen and oxygen atoms in total. The van der Waals surface area contributed by atoms with Crippen molar-refractivity contribution in [2.75, 3.05) is 6.61 Å². The van der Waals surface area contributed by atoms with Crippen molar-refractivity contribution in [3.8, 4) is 16.9 Å². The first kappa shape index (κ1) is 21.9. The van der Waals surface area contributed by atoms with Crippen LogP contribution in [0.3, 0.4) is 0 Å². The highest BCUT2D eigenvalue weighted by Crippen LogP contribution is 2.49. The summed E-state index contributed by atoms with van der Waals surface area (Å²) in [5.41, 5.74) is 4.84. The van der Waals surface area contributed by atoms with Crippen LogP contribution in [0.1, 0.15) is 35.2 Å². The van der Waals surface area contributed by atoms with Crippen LogP contribution in [0.2, 0.25) is 0 Å². The van der Waals surface area contributed by atoms with Crippen LogP contribution in [-0.2, 0) is 14.3 Å². The van der Waals surface area contributed by atoms with Crippen molar-refractivity contribution in [2.45, 2.75) is 18.5 Å². The van der Waals surface area contributed by atoms with E-state index in [0.717, 1.165) is 27.8 Å². The van der Waals surface area contributed by atoms with Gasteiger partial charge < -0.3 is 19.3 Å². The molecule has 2 atom stereocenters. The molecule has 0 spiro atoms. The van der Waals surface area contributed by atoms with E-state index < -0.39 is 18.9 Å². The molecule has 0 saturated carbocycles. The van der Waals surface area contributed by atoms with Gasteiger partial charge in [-0.3, -0.25) is 0 Å². The lowest BCUT2D eigenvalue weighted by Crippen LogP contribution is -2.09. The van der Waals surface area contributed by atoms with Gasteiger partial charge in [-0.15, -0.1) is 0 Å². The van der Waals surface area contributed by atoms with E-state index in [9.17, 15) is 4.79 Å². The average molecular weight is 453 g/mol. The monoisotopic (exact) mass is 452 g/mol. The van der Waals surface area contributed by atoms with Crippen LogP contribution >= 0.6 is 0 Å². The average Bonchev–Trinajstić information content (AvgIpc) is 3.34. The van der Waals surface area contributed by atoms with Gasteiger partial charge >= 0.3 is 5.97 Å². The van der Waals surface area contributed by atoms with Crippen molar-refractivity contribution in [1.29, 1.82) is 0 Å². The van der Waals surface area contributed by atoms with E-state index in [1.807, 2.05) is 78.9 Å². The fraction of sp³-hybridized carbons (Fsp3) is 0.138. The van der Waals surface area contributed by atoms with Gasteiger partial charge in [-0.1, -0.05) is 97.1 Å². The van der Waals surface area contributed by atoms with Gasteiger partial charge in [-0.05, 0) is 34.4 Å². The number of carboxylic acids is 1. The first-order valence-corrected chi connectivity index (χ1v) is 11.1. The summed E-state index contributed by atoms with van der Waals surface area (Å²) < 4.78 is 18.5. The molecule has 170 valence electrons. The van der Waals surface area contributed by atoms with E-state index in [-0.39, 0.29) is 12.2 Å². The Hall–Kier alpha value is -3.93. The molecular weight excluding hydrogens is 428 g/mol. The summed E-state index contributed by atoms with van der Waals surface area (Å²) >= 11 is 0. The van der Waals surface area contributed by atoms with Gasteiger partial charge in [-0.2, -0.15) is 0 Å². The van der Waals surface area contributed by atoms with E-state index in [4.69, 9.17) is 19.3 Å². The van der Waals surface area contributed by atoms with Crippen molar-refractivity contribution >= 4 is 5.97 Å². The summed E-state index contributed by atoms with van der Waals surface area (Å²) in [5, 5.41) is 8.93. The van der Waals surface area contributed by atoms with Crippen LogP contribution in [0, 0.1) is 0 Å². The van der Waals surface area contributed by atoms with E-state index in [0.29, 0.717) is 5.75 Å². The maximum Gasteiger partial charge on any atom is 0.341 e. The molecule has 5 heteroatoms. The Kier molecular flexibility index (Phi) is 6.38. The second kappa shape index (κ2) is 9.91. The molecule has 1 heterocycles. The first-order chi connectivity index (χ1) is 16.7. The Labute approximate surface area is 198 Å². The predicted molar refractivity (Wildman–Crippen MR) is 128 cm³/mol. The Morgan fingerprint density at radius 3 is 1.94 bits per heavy atom. The lowest BCUT2D eigenvalue weighted by Gasteiger charge is -2.17. The van der Waals surface area contributed by atoms with Gasteiger partial charge in [-0.25, -0.2) is 4.79 Å².